The summed E-state index contributed by atoms with van der Waals surface area (Å²) in [6, 6.07) is 0. The number of rotatable bonds is 31. The van der Waals surface area contributed by atoms with E-state index in [0.29, 0.717) is 12.8 Å². The van der Waals surface area contributed by atoms with Crippen molar-refractivity contribution in [3.63, 3.8) is 0 Å². The lowest BCUT2D eigenvalue weighted by Crippen LogP contribution is -2.46. The van der Waals surface area contributed by atoms with E-state index in [2.05, 4.69) is 59.6 Å². The summed E-state index contributed by atoms with van der Waals surface area (Å²) in [7, 11) is -16.5. The standard InChI is InChI=1S/C37H60N7O18P3S/c1-4-5-6-7-8-9-10-11-12-13-14-15-25(45)20-28(47)66-19-18-39-27(46)16-17-40-35(50)32(49)37(2,3)22-59-65(56,57)62-64(54,55)58-21-26-31(61-63(51,52)53)30(48)36(60-26)44-24-43-29-33(38)41-23-42-34(29)44/h8-9,11-12,23-24,26,30-32,36,48-49H,4-7,10,13-22H2,1-3H3,(H,39,46)(H,40,50)(H,54,55)(H,56,57)(H2,38,41,42)(H2,51,52,53)/b9-8-,12-11-/t26-,30-,31-,32+,36-/m1/s1. The van der Waals surface area contributed by atoms with Gasteiger partial charge < -0.3 is 50.9 Å². The number of carbonyl (C=O) groups is 4. The maximum atomic E-state index is 12.7. The van der Waals surface area contributed by atoms with Crippen molar-refractivity contribution in [2.24, 2.45) is 5.41 Å². The number of carbonyl (C=O) groups excluding carboxylic acids is 4. The number of unbranched alkanes of at least 4 members (excludes halogenated alkanes) is 4. The Bertz CT molecular complexity index is 2140. The van der Waals surface area contributed by atoms with Crippen LogP contribution in [0.2, 0.25) is 0 Å². The number of amides is 2. The number of nitrogens with one attached hydrogen (secondary N) is 2. The number of ketones is 1. The highest BCUT2D eigenvalue weighted by atomic mass is 32.2. The first-order valence-electron chi connectivity index (χ1n) is 20.8. The van der Waals surface area contributed by atoms with Gasteiger partial charge in [0.1, 0.15) is 42.0 Å². The third-order valence-electron chi connectivity index (χ3n) is 9.51. The molecular formula is C37H60N7O18P3S. The molecule has 1 saturated heterocycles. The Morgan fingerprint density at radius 2 is 1.64 bits per heavy atom. The Kier molecular flexibility index (Phi) is 23.4. The predicted octanol–water partition coefficient (Wildman–Crippen LogP) is 2.88. The summed E-state index contributed by atoms with van der Waals surface area (Å²) in [4.78, 5) is 100. The van der Waals surface area contributed by atoms with E-state index in [4.69, 9.17) is 19.5 Å². The first-order chi connectivity index (χ1) is 30.9. The molecule has 2 amide bonds. The third-order valence-corrected chi connectivity index (χ3v) is 13.5. The highest BCUT2D eigenvalue weighted by molar-refractivity contribution is 8.13. The average Bonchev–Trinajstić information content (AvgIpc) is 3.79. The van der Waals surface area contributed by atoms with Crippen molar-refractivity contribution in [1.82, 2.24) is 30.2 Å². The molecule has 1 aliphatic heterocycles. The fourth-order valence-corrected chi connectivity index (χ4v) is 9.56. The number of aromatic nitrogens is 4. The molecule has 2 aromatic heterocycles. The molecule has 0 aromatic carbocycles. The van der Waals surface area contributed by atoms with E-state index in [9.17, 15) is 62.7 Å². The van der Waals surface area contributed by atoms with Crippen LogP contribution in [0.1, 0.15) is 91.2 Å². The SMILES string of the molecule is CCCCC/C=C\C/C=C\CCCC(=O)CC(=O)SCCNC(=O)CCNC(=O)[C@H](O)C(C)(C)COP(=O)(O)OP(=O)(O)OC[C@H]1O[C@@H](n2cnc3c(N)ncnc32)[C@H](O)[C@@H]1OP(=O)(O)O. The summed E-state index contributed by atoms with van der Waals surface area (Å²) < 4.78 is 62.3. The van der Waals surface area contributed by atoms with E-state index in [-0.39, 0.29) is 59.6 Å². The van der Waals surface area contributed by atoms with Gasteiger partial charge in [0.15, 0.2) is 22.8 Å². The van der Waals surface area contributed by atoms with E-state index in [0.717, 1.165) is 48.2 Å². The van der Waals surface area contributed by atoms with Gasteiger partial charge in [-0.3, -0.25) is 37.3 Å². The van der Waals surface area contributed by atoms with E-state index in [1.807, 2.05) is 6.08 Å². The molecular weight excluding hydrogens is 955 g/mol. The molecule has 0 spiro atoms. The van der Waals surface area contributed by atoms with Crippen LogP contribution in [0.5, 0.6) is 0 Å². The Morgan fingerprint density at radius 1 is 0.955 bits per heavy atom. The van der Waals surface area contributed by atoms with Crippen LogP contribution in [0.15, 0.2) is 37.0 Å². The number of aliphatic hydroxyl groups excluding tert-OH is 2. The van der Waals surface area contributed by atoms with Crippen LogP contribution in [0.4, 0.5) is 5.82 Å². The lowest BCUT2D eigenvalue weighted by atomic mass is 9.87. The highest BCUT2D eigenvalue weighted by Crippen LogP contribution is 2.61. The molecule has 0 aliphatic carbocycles. The van der Waals surface area contributed by atoms with Gasteiger partial charge in [0.2, 0.25) is 11.8 Å². The lowest BCUT2D eigenvalue weighted by Gasteiger charge is -2.30. The van der Waals surface area contributed by atoms with Crippen LogP contribution in [-0.4, -0.2) is 128 Å². The molecule has 3 rings (SSSR count). The molecule has 0 bridgehead atoms. The molecule has 372 valence electrons. The Hall–Kier alpha value is -3.29. The fourth-order valence-electron chi connectivity index (χ4n) is 6.03. The van der Waals surface area contributed by atoms with Crippen LogP contribution in [0, 0.1) is 5.41 Å². The number of aliphatic hydroxyl groups is 2. The second-order valence-electron chi connectivity index (χ2n) is 15.6. The Morgan fingerprint density at radius 3 is 2.32 bits per heavy atom. The van der Waals surface area contributed by atoms with Gasteiger partial charge in [-0.1, -0.05) is 69.7 Å². The number of nitrogen functional groups attached to an aromatic ring is 1. The van der Waals surface area contributed by atoms with Gasteiger partial charge >= 0.3 is 23.5 Å². The minimum Gasteiger partial charge on any atom is -0.386 e. The number of ether oxygens (including phenoxy) is 1. The number of imidazole rings is 1. The van der Waals surface area contributed by atoms with Gasteiger partial charge in [0.05, 0.1) is 26.0 Å². The minimum atomic E-state index is -5.59. The maximum absolute atomic E-state index is 12.7. The molecule has 7 atom stereocenters. The smallest absolute Gasteiger partial charge is 0.386 e. The number of thioether (sulfide) groups is 1. The lowest BCUT2D eigenvalue weighted by molar-refractivity contribution is -0.137. The second-order valence-corrected chi connectivity index (χ2v) is 21.0. The van der Waals surface area contributed by atoms with Crippen molar-refractivity contribution < 1.29 is 85.3 Å². The van der Waals surface area contributed by atoms with Gasteiger partial charge in [0, 0.05) is 37.1 Å². The average molecular weight is 1020 g/mol. The van der Waals surface area contributed by atoms with Crippen LogP contribution in [-0.2, 0) is 55.5 Å². The van der Waals surface area contributed by atoms with Crippen molar-refractivity contribution >= 4 is 74.9 Å². The number of phosphoric acid groups is 3. The van der Waals surface area contributed by atoms with Gasteiger partial charge in [0.25, 0.3) is 0 Å². The number of nitrogens with zero attached hydrogens (tertiary/aromatic N) is 4. The van der Waals surface area contributed by atoms with Crippen LogP contribution < -0.4 is 16.4 Å². The zero-order valence-electron chi connectivity index (χ0n) is 36.7. The molecule has 2 aromatic rings. The first-order valence-corrected chi connectivity index (χ1v) is 26.3. The molecule has 3 heterocycles. The van der Waals surface area contributed by atoms with Crippen LogP contribution in [0.3, 0.4) is 0 Å². The highest BCUT2D eigenvalue weighted by Gasteiger charge is 2.50. The zero-order chi connectivity index (χ0) is 49.1. The van der Waals surface area contributed by atoms with E-state index in [1.54, 1.807) is 0 Å². The van der Waals surface area contributed by atoms with Gasteiger partial charge in [-0.25, -0.2) is 28.6 Å². The second kappa shape index (κ2) is 27.0. The van der Waals surface area contributed by atoms with E-state index in [1.165, 1.54) is 33.1 Å². The third kappa shape index (κ3) is 20.1. The van der Waals surface area contributed by atoms with Gasteiger partial charge in [-0.05, 0) is 32.1 Å². The number of nitrogens with two attached hydrogens (primary N) is 1. The molecule has 0 saturated carbocycles. The van der Waals surface area contributed by atoms with Crippen molar-refractivity contribution in [3.8, 4) is 0 Å². The van der Waals surface area contributed by atoms with Crippen LogP contribution >= 0.6 is 35.2 Å². The molecule has 25 nitrogen and oxygen atoms in total. The summed E-state index contributed by atoms with van der Waals surface area (Å²) >= 11 is 0.916. The van der Waals surface area contributed by atoms with Crippen molar-refractivity contribution in [2.45, 2.75) is 116 Å². The molecule has 0 radical (unpaired) electrons. The quantitative estimate of drug-likeness (QED) is 0.0227. The molecule has 1 aliphatic rings. The van der Waals surface area contributed by atoms with Crippen molar-refractivity contribution in [1.29, 1.82) is 0 Å². The van der Waals surface area contributed by atoms with Crippen LogP contribution in [0.25, 0.3) is 11.2 Å². The molecule has 1 fully saturated rings. The topological polar surface area (TPSA) is 381 Å². The predicted molar refractivity (Wildman–Crippen MR) is 238 cm³/mol. The zero-order valence-corrected chi connectivity index (χ0v) is 40.2. The molecule has 2 unspecified atom stereocenters. The van der Waals surface area contributed by atoms with Gasteiger partial charge in [-0.15, -0.1) is 0 Å². The molecule has 10 N–H and O–H groups in total. The normalized spacial score (nSPS) is 20.4. The summed E-state index contributed by atoms with van der Waals surface area (Å²) in [5.41, 5.74) is 4.23. The summed E-state index contributed by atoms with van der Waals surface area (Å²) in [6.45, 7) is 2.47. The number of phosphoric ester groups is 3. The number of hydrogen-bond acceptors (Lipinski definition) is 19. The van der Waals surface area contributed by atoms with Crippen molar-refractivity contribution in [2.75, 3.05) is 37.8 Å². The van der Waals surface area contributed by atoms with Gasteiger partial charge in [-0.2, -0.15) is 4.31 Å². The number of Topliss-reactive ketones (excluding diaryl/α,β-unsaturated/α-hetero) is 1. The summed E-state index contributed by atoms with van der Waals surface area (Å²) in [6.07, 6.45) is 8.37. The molecule has 29 heteroatoms. The minimum absolute atomic E-state index is 0.0242. The van der Waals surface area contributed by atoms with E-state index < -0.39 is 84.6 Å². The Labute approximate surface area is 385 Å². The number of hydrogen-bond donors (Lipinski definition) is 9. The monoisotopic (exact) mass is 1020 g/mol. The molecule has 66 heavy (non-hydrogen) atoms. The first kappa shape index (κ1) is 57.0. The number of anilines is 1. The van der Waals surface area contributed by atoms with Crippen molar-refractivity contribution in [3.05, 3.63) is 37.0 Å². The number of fused-ring (bicyclic) bond motifs is 1. The largest absolute Gasteiger partial charge is 0.481 e. The Balaban J connectivity index is 1.35. The summed E-state index contributed by atoms with van der Waals surface area (Å²) in [5.74, 6) is -1.48. The maximum Gasteiger partial charge on any atom is 0.481 e. The summed E-state index contributed by atoms with van der Waals surface area (Å²) in [5, 5.41) is 26.1. The van der Waals surface area contributed by atoms with E-state index >= 15 is 0 Å². The number of allylic oxidation sites excluding steroid dienone is 4. The fraction of sp³-hybridized carbons (Fsp3) is 0.649.